The van der Waals surface area contributed by atoms with E-state index in [0.29, 0.717) is 0 Å². The first kappa shape index (κ1) is 16.9. The van der Waals surface area contributed by atoms with Gasteiger partial charge in [-0.25, -0.2) is 0 Å². The van der Waals surface area contributed by atoms with Crippen LogP contribution >= 0.6 is 0 Å². The van der Waals surface area contributed by atoms with E-state index >= 15 is 0 Å². The SMILES string of the molecule is CC(O)C(C)(C)CCCCCCCC(C)(C)O. The van der Waals surface area contributed by atoms with Gasteiger partial charge in [0.15, 0.2) is 0 Å². The van der Waals surface area contributed by atoms with Gasteiger partial charge in [-0.3, -0.25) is 0 Å². The van der Waals surface area contributed by atoms with Gasteiger partial charge in [-0.05, 0) is 39.0 Å². The van der Waals surface area contributed by atoms with Gasteiger partial charge in [0.25, 0.3) is 0 Å². The van der Waals surface area contributed by atoms with Crippen LogP contribution in [0.5, 0.6) is 0 Å². The van der Waals surface area contributed by atoms with Gasteiger partial charge < -0.3 is 10.2 Å². The summed E-state index contributed by atoms with van der Waals surface area (Å²) >= 11 is 0. The Labute approximate surface area is 107 Å². The molecule has 17 heavy (non-hydrogen) atoms. The minimum absolute atomic E-state index is 0.0487. The summed E-state index contributed by atoms with van der Waals surface area (Å²) in [6.45, 7) is 9.89. The third kappa shape index (κ3) is 9.61. The maximum absolute atomic E-state index is 9.58. The van der Waals surface area contributed by atoms with Crippen molar-refractivity contribution in [3.05, 3.63) is 0 Å². The molecule has 2 N–H and O–H groups in total. The van der Waals surface area contributed by atoms with E-state index in [1.54, 1.807) is 0 Å². The Bertz CT molecular complexity index is 190. The summed E-state index contributed by atoms with van der Waals surface area (Å²) in [5, 5.41) is 19.1. The van der Waals surface area contributed by atoms with Gasteiger partial charge in [0, 0.05) is 0 Å². The van der Waals surface area contributed by atoms with Crippen molar-refractivity contribution < 1.29 is 10.2 Å². The third-order valence-electron chi connectivity index (χ3n) is 3.74. The molecule has 2 heteroatoms. The zero-order valence-electron chi connectivity index (χ0n) is 12.4. The number of hydrogen-bond acceptors (Lipinski definition) is 2. The topological polar surface area (TPSA) is 40.5 Å². The second kappa shape index (κ2) is 7.38. The molecule has 0 heterocycles. The number of rotatable bonds is 9. The molecule has 0 aromatic heterocycles. The Morgan fingerprint density at radius 3 is 1.65 bits per heavy atom. The van der Waals surface area contributed by atoms with E-state index in [-0.39, 0.29) is 11.5 Å². The van der Waals surface area contributed by atoms with Crippen molar-refractivity contribution in [1.82, 2.24) is 0 Å². The monoisotopic (exact) mass is 244 g/mol. The van der Waals surface area contributed by atoms with Gasteiger partial charge in [-0.2, -0.15) is 0 Å². The predicted molar refractivity (Wildman–Crippen MR) is 74.1 cm³/mol. The smallest absolute Gasteiger partial charge is 0.0591 e. The van der Waals surface area contributed by atoms with Crippen LogP contribution in [0.25, 0.3) is 0 Å². The first-order valence-electron chi connectivity index (χ1n) is 7.05. The standard InChI is InChI=1S/C15H32O2/c1-13(16)14(2,3)11-9-7-6-8-10-12-15(4,5)17/h13,16-17H,6-12H2,1-5H3. The van der Waals surface area contributed by atoms with Crippen LogP contribution in [0.1, 0.15) is 79.6 Å². The van der Waals surface area contributed by atoms with E-state index in [1.807, 2.05) is 20.8 Å². The van der Waals surface area contributed by atoms with Crippen molar-refractivity contribution in [2.75, 3.05) is 0 Å². The Morgan fingerprint density at radius 1 is 0.824 bits per heavy atom. The van der Waals surface area contributed by atoms with Gasteiger partial charge in [0.1, 0.15) is 0 Å². The number of hydrogen-bond donors (Lipinski definition) is 2. The Morgan fingerprint density at radius 2 is 1.24 bits per heavy atom. The van der Waals surface area contributed by atoms with Crippen LogP contribution in [-0.2, 0) is 0 Å². The molecule has 0 aliphatic carbocycles. The van der Waals surface area contributed by atoms with Gasteiger partial charge >= 0.3 is 0 Å². The van der Waals surface area contributed by atoms with Crippen molar-refractivity contribution in [3.8, 4) is 0 Å². The van der Waals surface area contributed by atoms with Crippen LogP contribution in [0, 0.1) is 5.41 Å². The van der Waals surface area contributed by atoms with E-state index in [9.17, 15) is 10.2 Å². The van der Waals surface area contributed by atoms with E-state index in [2.05, 4.69) is 13.8 Å². The second-order valence-corrected chi connectivity index (χ2v) is 6.74. The number of aliphatic hydroxyl groups excluding tert-OH is 1. The number of unbranched alkanes of at least 4 members (excludes halogenated alkanes) is 4. The lowest BCUT2D eigenvalue weighted by atomic mass is 9.82. The molecule has 1 unspecified atom stereocenters. The molecule has 104 valence electrons. The van der Waals surface area contributed by atoms with Gasteiger partial charge in [-0.1, -0.05) is 46.0 Å². The number of aliphatic hydroxyl groups is 2. The molecule has 0 fully saturated rings. The molecule has 0 saturated heterocycles. The van der Waals surface area contributed by atoms with Crippen LogP contribution in [0.3, 0.4) is 0 Å². The van der Waals surface area contributed by atoms with Crippen molar-refractivity contribution in [2.45, 2.75) is 91.3 Å². The van der Waals surface area contributed by atoms with Crippen LogP contribution < -0.4 is 0 Å². The van der Waals surface area contributed by atoms with Crippen LogP contribution in [0.15, 0.2) is 0 Å². The van der Waals surface area contributed by atoms with E-state index in [4.69, 9.17) is 0 Å². The lowest BCUT2D eigenvalue weighted by Gasteiger charge is -2.27. The summed E-state index contributed by atoms with van der Waals surface area (Å²) in [7, 11) is 0. The fraction of sp³-hybridized carbons (Fsp3) is 1.00. The highest BCUT2D eigenvalue weighted by atomic mass is 16.3. The minimum Gasteiger partial charge on any atom is -0.393 e. The maximum Gasteiger partial charge on any atom is 0.0591 e. The predicted octanol–water partition coefficient (Wildman–Crippen LogP) is 3.90. The molecule has 2 nitrogen and oxygen atoms in total. The molecule has 1 atom stereocenters. The van der Waals surface area contributed by atoms with E-state index in [0.717, 1.165) is 19.3 Å². The summed E-state index contributed by atoms with van der Waals surface area (Å²) in [6, 6.07) is 0. The van der Waals surface area contributed by atoms with Gasteiger partial charge in [0.2, 0.25) is 0 Å². The highest BCUT2D eigenvalue weighted by molar-refractivity contribution is 4.74. The third-order valence-corrected chi connectivity index (χ3v) is 3.74. The van der Waals surface area contributed by atoms with Crippen LogP contribution in [0.4, 0.5) is 0 Å². The zero-order valence-corrected chi connectivity index (χ0v) is 12.4. The van der Waals surface area contributed by atoms with Crippen molar-refractivity contribution in [1.29, 1.82) is 0 Å². The van der Waals surface area contributed by atoms with Gasteiger partial charge in [0.05, 0.1) is 11.7 Å². The van der Waals surface area contributed by atoms with Crippen LogP contribution in [-0.4, -0.2) is 21.9 Å². The molecule has 0 spiro atoms. The molecule has 0 aliphatic rings. The fourth-order valence-corrected chi connectivity index (χ4v) is 1.88. The van der Waals surface area contributed by atoms with Crippen molar-refractivity contribution in [3.63, 3.8) is 0 Å². The average Bonchev–Trinajstić information content (AvgIpc) is 2.14. The van der Waals surface area contributed by atoms with E-state index in [1.165, 1.54) is 25.7 Å². The molecule has 0 bridgehead atoms. The summed E-state index contributed by atoms with van der Waals surface area (Å²) in [5.74, 6) is 0. The average molecular weight is 244 g/mol. The Hall–Kier alpha value is -0.0800. The summed E-state index contributed by atoms with van der Waals surface area (Å²) in [4.78, 5) is 0. The fourth-order valence-electron chi connectivity index (χ4n) is 1.88. The minimum atomic E-state index is -0.506. The van der Waals surface area contributed by atoms with Crippen LogP contribution in [0.2, 0.25) is 0 Å². The molecule has 0 amide bonds. The maximum atomic E-state index is 9.58. The lowest BCUT2D eigenvalue weighted by molar-refractivity contribution is 0.0573. The molecule has 0 aliphatic heterocycles. The summed E-state index contributed by atoms with van der Waals surface area (Å²) < 4.78 is 0. The van der Waals surface area contributed by atoms with Crippen molar-refractivity contribution in [2.24, 2.45) is 5.41 Å². The lowest BCUT2D eigenvalue weighted by Crippen LogP contribution is -2.26. The van der Waals surface area contributed by atoms with E-state index < -0.39 is 5.60 Å². The zero-order chi connectivity index (χ0) is 13.5. The molecular formula is C15H32O2. The second-order valence-electron chi connectivity index (χ2n) is 6.74. The highest BCUT2D eigenvalue weighted by Crippen LogP contribution is 2.28. The molecular weight excluding hydrogens is 212 g/mol. The van der Waals surface area contributed by atoms with Crippen molar-refractivity contribution >= 4 is 0 Å². The Kier molecular flexibility index (Phi) is 7.34. The molecule has 0 aromatic carbocycles. The normalized spacial score (nSPS) is 15.0. The molecule has 0 aromatic rings. The Balaban J connectivity index is 3.42. The largest absolute Gasteiger partial charge is 0.393 e. The molecule has 0 rings (SSSR count). The summed E-state index contributed by atoms with van der Waals surface area (Å²) in [5.41, 5.74) is -0.457. The first-order valence-corrected chi connectivity index (χ1v) is 7.05. The first-order chi connectivity index (χ1) is 7.65. The quantitative estimate of drug-likeness (QED) is 0.604. The van der Waals surface area contributed by atoms with Gasteiger partial charge in [-0.15, -0.1) is 0 Å². The highest BCUT2D eigenvalue weighted by Gasteiger charge is 2.22. The molecule has 0 saturated carbocycles. The summed E-state index contributed by atoms with van der Waals surface area (Å²) in [6.07, 6.45) is 7.76. The molecule has 0 radical (unpaired) electrons.